The third-order valence-electron chi connectivity index (χ3n) is 4.33. The van der Waals surface area contributed by atoms with E-state index in [1.54, 1.807) is 32.3 Å². The zero-order valence-corrected chi connectivity index (χ0v) is 17.0. The molecule has 1 unspecified atom stereocenters. The lowest BCUT2D eigenvalue weighted by Crippen LogP contribution is -2.53. The van der Waals surface area contributed by atoms with Crippen LogP contribution >= 0.6 is 11.3 Å². The minimum absolute atomic E-state index is 0.271. The van der Waals surface area contributed by atoms with E-state index >= 15 is 0 Å². The molecule has 0 spiro atoms. The zero-order chi connectivity index (χ0) is 20.3. The van der Waals surface area contributed by atoms with Crippen molar-refractivity contribution >= 4 is 34.2 Å². The fourth-order valence-corrected chi connectivity index (χ4v) is 3.79. The van der Waals surface area contributed by atoms with Crippen LogP contribution in [0.2, 0.25) is 0 Å². The molecule has 6 nitrogen and oxygen atoms in total. The van der Waals surface area contributed by atoms with Crippen molar-refractivity contribution in [3.63, 3.8) is 0 Å². The summed E-state index contributed by atoms with van der Waals surface area (Å²) in [5.41, 5.74) is -0.135. The lowest BCUT2D eigenvalue weighted by molar-refractivity contribution is -0.124. The Morgan fingerprint density at radius 3 is 2.57 bits per heavy atom. The van der Waals surface area contributed by atoms with Crippen LogP contribution < -0.4 is 4.90 Å². The molecule has 2 aromatic rings. The van der Waals surface area contributed by atoms with Gasteiger partial charge in [0.15, 0.2) is 5.13 Å². The topological polar surface area (TPSA) is 62.7 Å². The lowest BCUT2D eigenvalue weighted by atomic mass is 10.0. The number of carbonyl (C=O) groups is 2. The monoisotopic (exact) mass is 405 g/mol. The Kier molecular flexibility index (Phi) is 5.98. The van der Waals surface area contributed by atoms with Gasteiger partial charge in [0.1, 0.15) is 17.5 Å². The summed E-state index contributed by atoms with van der Waals surface area (Å²) < 4.78 is 18.9. The Morgan fingerprint density at radius 2 is 1.96 bits per heavy atom. The molecule has 2 amide bonds. The molecule has 1 fully saturated rings. The molecular weight excluding hydrogens is 381 g/mol. The van der Waals surface area contributed by atoms with Crippen LogP contribution in [-0.4, -0.2) is 40.1 Å². The molecule has 3 rings (SSSR count). The summed E-state index contributed by atoms with van der Waals surface area (Å²) in [6.07, 6.45) is 3.31. The summed E-state index contributed by atoms with van der Waals surface area (Å²) in [6.45, 7) is 5.85. The maximum Gasteiger partial charge on any atom is 0.410 e. The van der Waals surface area contributed by atoms with Crippen LogP contribution in [0, 0.1) is 5.82 Å². The number of benzene rings is 1. The van der Waals surface area contributed by atoms with Gasteiger partial charge in [0.25, 0.3) is 5.91 Å². The van der Waals surface area contributed by atoms with Crippen LogP contribution in [0.3, 0.4) is 0 Å². The molecule has 1 aliphatic heterocycles. The summed E-state index contributed by atoms with van der Waals surface area (Å²) in [5.74, 6) is -0.657. The minimum Gasteiger partial charge on any atom is -0.444 e. The van der Waals surface area contributed by atoms with Crippen molar-refractivity contribution in [1.82, 2.24) is 9.88 Å². The van der Waals surface area contributed by atoms with Gasteiger partial charge >= 0.3 is 6.09 Å². The molecule has 0 bridgehead atoms. The highest BCUT2D eigenvalue weighted by Crippen LogP contribution is 2.31. The quantitative estimate of drug-likeness (QED) is 0.740. The summed E-state index contributed by atoms with van der Waals surface area (Å²) in [4.78, 5) is 33.4. The van der Waals surface area contributed by atoms with Crippen LogP contribution in [0.4, 0.5) is 20.0 Å². The number of amides is 2. The van der Waals surface area contributed by atoms with Crippen LogP contribution in [0.5, 0.6) is 0 Å². The van der Waals surface area contributed by atoms with Crippen molar-refractivity contribution in [3.8, 4) is 0 Å². The number of thiazole rings is 1. The number of rotatable bonds is 3. The molecule has 0 radical (unpaired) electrons. The third kappa shape index (κ3) is 4.67. The molecule has 150 valence electrons. The molecule has 1 atom stereocenters. The van der Waals surface area contributed by atoms with Crippen molar-refractivity contribution in [2.75, 3.05) is 11.4 Å². The molecule has 8 heteroatoms. The van der Waals surface area contributed by atoms with E-state index in [0.717, 1.165) is 12.8 Å². The Balaban J connectivity index is 1.92. The summed E-state index contributed by atoms with van der Waals surface area (Å²) in [6, 6.07) is 5.02. The highest BCUT2D eigenvalue weighted by atomic mass is 32.1. The zero-order valence-electron chi connectivity index (χ0n) is 16.2. The maximum absolute atomic E-state index is 13.5. The predicted molar refractivity (Wildman–Crippen MR) is 106 cm³/mol. The molecule has 28 heavy (non-hydrogen) atoms. The number of hydrogen-bond donors (Lipinski definition) is 0. The second-order valence-electron chi connectivity index (χ2n) is 7.65. The molecule has 1 aliphatic rings. The van der Waals surface area contributed by atoms with E-state index in [1.807, 2.05) is 0 Å². The highest BCUT2D eigenvalue weighted by molar-refractivity contribution is 7.13. The van der Waals surface area contributed by atoms with Crippen molar-refractivity contribution in [3.05, 3.63) is 41.7 Å². The van der Waals surface area contributed by atoms with Crippen molar-refractivity contribution in [2.45, 2.75) is 51.7 Å². The van der Waals surface area contributed by atoms with E-state index in [0.29, 0.717) is 23.8 Å². The molecule has 0 saturated carbocycles. The van der Waals surface area contributed by atoms with Gasteiger partial charge in [0.05, 0.1) is 5.69 Å². The standard InChI is InChI=1S/C20H24FN3O3S/c1-20(2,3)27-19(26)23-12-5-4-6-16(23)17(25)24(18-22-11-13-28-18)15-9-7-14(21)8-10-15/h7-11,13,16H,4-6,12H2,1-3H3. The summed E-state index contributed by atoms with van der Waals surface area (Å²) in [7, 11) is 0. The second-order valence-corrected chi connectivity index (χ2v) is 8.52. The van der Waals surface area contributed by atoms with Gasteiger partial charge in [-0.05, 0) is 64.3 Å². The number of halogens is 1. The van der Waals surface area contributed by atoms with E-state index < -0.39 is 17.7 Å². The SMILES string of the molecule is CC(C)(C)OC(=O)N1CCCCC1C(=O)N(c1ccc(F)cc1)c1nccs1. The number of hydrogen-bond acceptors (Lipinski definition) is 5. The van der Waals surface area contributed by atoms with Gasteiger partial charge in [-0.3, -0.25) is 14.6 Å². The van der Waals surface area contributed by atoms with Gasteiger partial charge in [-0.25, -0.2) is 14.2 Å². The van der Waals surface area contributed by atoms with E-state index in [1.165, 1.54) is 45.4 Å². The Bertz CT molecular complexity index is 818. The Labute approximate surface area is 167 Å². The first-order chi connectivity index (χ1) is 13.3. The Hall–Kier alpha value is -2.48. The fraction of sp³-hybridized carbons (Fsp3) is 0.450. The van der Waals surface area contributed by atoms with Crippen LogP contribution in [0.1, 0.15) is 40.0 Å². The number of carbonyl (C=O) groups excluding carboxylic acids is 2. The molecule has 0 aliphatic carbocycles. The Morgan fingerprint density at radius 1 is 1.25 bits per heavy atom. The second kappa shape index (κ2) is 8.26. The van der Waals surface area contributed by atoms with Gasteiger partial charge in [0.2, 0.25) is 0 Å². The highest BCUT2D eigenvalue weighted by Gasteiger charge is 2.38. The number of anilines is 2. The fourth-order valence-electron chi connectivity index (χ4n) is 3.12. The minimum atomic E-state index is -0.655. The van der Waals surface area contributed by atoms with Crippen molar-refractivity contribution in [1.29, 1.82) is 0 Å². The molecule has 1 saturated heterocycles. The maximum atomic E-state index is 13.5. The largest absolute Gasteiger partial charge is 0.444 e. The molecule has 1 aromatic carbocycles. The lowest BCUT2D eigenvalue weighted by Gasteiger charge is -2.37. The average Bonchev–Trinajstić information content (AvgIpc) is 3.16. The predicted octanol–water partition coefficient (Wildman–Crippen LogP) is 4.74. The smallest absolute Gasteiger partial charge is 0.410 e. The van der Waals surface area contributed by atoms with Gasteiger partial charge < -0.3 is 4.74 Å². The van der Waals surface area contributed by atoms with Crippen molar-refractivity contribution < 1.29 is 18.7 Å². The average molecular weight is 405 g/mol. The van der Waals surface area contributed by atoms with Gasteiger partial charge in [-0.2, -0.15) is 0 Å². The number of likely N-dealkylation sites (tertiary alicyclic amines) is 1. The van der Waals surface area contributed by atoms with Crippen molar-refractivity contribution in [2.24, 2.45) is 0 Å². The normalized spacial score (nSPS) is 17.3. The van der Waals surface area contributed by atoms with Gasteiger partial charge in [-0.15, -0.1) is 11.3 Å². The van der Waals surface area contributed by atoms with E-state index in [9.17, 15) is 14.0 Å². The van der Waals surface area contributed by atoms with Crippen LogP contribution in [-0.2, 0) is 9.53 Å². The molecule has 1 aromatic heterocycles. The van der Waals surface area contributed by atoms with E-state index in [4.69, 9.17) is 4.74 Å². The third-order valence-corrected chi connectivity index (χ3v) is 5.09. The first-order valence-electron chi connectivity index (χ1n) is 9.25. The summed E-state index contributed by atoms with van der Waals surface area (Å²) >= 11 is 1.31. The van der Waals surface area contributed by atoms with Gasteiger partial charge in [-0.1, -0.05) is 0 Å². The van der Waals surface area contributed by atoms with E-state index in [2.05, 4.69) is 4.98 Å². The number of ether oxygens (including phenoxy) is 1. The number of nitrogens with zero attached hydrogens (tertiary/aromatic N) is 3. The van der Waals surface area contributed by atoms with Crippen LogP contribution in [0.15, 0.2) is 35.8 Å². The first-order valence-corrected chi connectivity index (χ1v) is 10.1. The molecule has 0 N–H and O–H groups in total. The number of aromatic nitrogens is 1. The van der Waals surface area contributed by atoms with E-state index in [-0.39, 0.29) is 11.7 Å². The molecular formula is C20H24FN3O3S. The first kappa shape index (κ1) is 20.3. The molecule has 2 heterocycles. The van der Waals surface area contributed by atoms with Gasteiger partial charge in [0, 0.05) is 18.1 Å². The number of piperidine rings is 1. The summed E-state index contributed by atoms with van der Waals surface area (Å²) in [5, 5.41) is 2.25. The van der Waals surface area contributed by atoms with Crippen LogP contribution in [0.25, 0.3) is 0 Å².